The highest BCUT2D eigenvalue weighted by molar-refractivity contribution is 5.88. The van der Waals surface area contributed by atoms with Gasteiger partial charge in [0.05, 0.1) is 18.4 Å². The molecule has 3 nitrogen and oxygen atoms in total. The van der Waals surface area contributed by atoms with Crippen LogP contribution in [-0.2, 0) is 6.54 Å². The Hall–Kier alpha value is -3.07. The highest BCUT2D eigenvalue weighted by atomic mass is 15.4. The van der Waals surface area contributed by atoms with Gasteiger partial charge in [0.2, 0.25) is 0 Å². The van der Waals surface area contributed by atoms with Crippen molar-refractivity contribution < 1.29 is 0 Å². The quantitative estimate of drug-likeness (QED) is 0.387. The zero-order chi connectivity index (χ0) is 18.9. The number of para-hydroxylation sites is 2. The van der Waals surface area contributed by atoms with Crippen LogP contribution in [0.3, 0.4) is 0 Å². The first-order valence-corrected chi connectivity index (χ1v) is 9.56. The minimum atomic E-state index is 0.731. The molecule has 3 heteroatoms. The predicted molar refractivity (Wildman–Crippen MR) is 117 cm³/mol. The number of benzene rings is 3. The average Bonchev–Trinajstić information content (AvgIpc) is 2.74. The van der Waals surface area contributed by atoms with Crippen molar-refractivity contribution in [3.8, 4) is 0 Å². The molecule has 0 amide bonds. The molecular weight excluding hydrogens is 330 g/mol. The van der Waals surface area contributed by atoms with Crippen molar-refractivity contribution in [2.45, 2.75) is 20.4 Å². The summed E-state index contributed by atoms with van der Waals surface area (Å²) in [7, 11) is 0. The second-order valence-corrected chi connectivity index (χ2v) is 6.35. The van der Waals surface area contributed by atoms with Gasteiger partial charge in [0.15, 0.2) is 0 Å². The van der Waals surface area contributed by atoms with Gasteiger partial charge in [-0.25, -0.2) is 0 Å². The van der Waals surface area contributed by atoms with Crippen LogP contribution in [0.15, 0.2) is 90.0 Å². The van der Waals surface area contributed by atoms with Crippen molar-refractivity contribution in [1.82, 2.24) is 0 Å². The molecule has 0 spiro atoms. The van der Waals surface area contributed by atoms with Crippen LogP contribution in [0.2, 0.25) is 0 Å². The molecule has 3 aromatic rings. The third-order valence-electron chi connectivity index (χ3n) is 4.61. The molecule has 3 rings (SSSR count). The topological polar surface area (TPSA) is 18.8 Å². The van der Waals surface area contributed by atoms with E-state index in [4.69, 9.17) is 5.10 Å². The van der Waals surface area contributed by atoms with E-state index in [0.29, 0.717) is 0 Å². The maximum absolute atomic E-state index is 4.85. The van der Waals surface area contributed by atoms with E-state index < -0.39 is 0 Å². The average molecular weight is 358 g/mol. The lowest BCUT2D eigenvalue weighted by atomic mass is 10.1. The first-order valence-electron chi connectivity index (χ1n) is 9.56. The van der Waals surface area contributed by atoms with Gasteiger partial charge in [-0.3, -0.25) is 5.01 Å². The standard InChI is InChI=1S/C24H27N3/c1-3-26(4-2)24-18-12-11-15-22(24)19-25-27(23-16-9-6-10-17-23)20-21-13-7-5-8-14-21/h5-19H,3-4,20H2,1-2H3. The van der Waals surface area contributed by atoms with Crippen molar-refractivity contribution in [2.24, 2.45) is 5.10 Å². The summed E-state index contributed by atoms with van der Waals surface area (Å²) in [5.74, 6) is 0. The van der Waals surface area contributed by atoms with Gasteiger partial charge in [0.1, 0.15) is 0 Å². The van der Waals surface area contributed by atoms with Crippen LogP contribution in [0, 0.1) is 0 Å². The molecule has 0 heterocycles. The molecule has 0 aromatic heterocycles. The molecule has 27 heavy (non-hydrogen) atoms. The number of hydrogen-bond acceptors (Lipinski definition) is 3. The van der Waals surface area contributed by atoms with Gasteiger partial charge in [-0.1, -0.05) is 66.7 Å². The summed E-state index contributed by atoms with van der Waals surface area (Å²) in [5.41, 5.74) is 4.67. The van der Waals surface area contributed by atoms with E-state index in [1.54, 1.807) is 0 Å². The lowest BCUT2D eigenvalue weighted by Crippen LogP contribution is -2.23. The monoisotopic (exact) mass is 357 g/mol. The largest absolute Gasteiger partial charge is 0.372 e. The Bertz CT molecular complexity index is 840. The van der Waals surface area contributed by atoms with Crippen molar-refractivity contribution in [2.75, 3.05) is 23.0 Å². The molecule has 0 aliphatic rings. The fraction of sp³-hybridized carbons (Fsp3) is 0.208. The van der Waals surface area contributed by atoms with Crippen molar-refractivity contribution in [3.05, 3.63) is 96.1 Å². The minimum absolute atomic E-state index is 0.731. The summed E-state index contributed by atoms with van der Waals surface area (Å²) < 4.78 is 0. The number of rotatable bonds is 8. The van der Waals surface area contributed by atoms with Crippen molar-refractivity contribution in [3.63, 3.8) is 0 Å². The Morgan fingerprint density at radius 2 is 1.33 bits per heavy atom. The summed E-state index contributed by atoms with van der Waals surface area (Å²) >= 11 is 0. The van der Waals surface area contributed by atoms with E-state index in [9.17, 15) is 0 Å². The first kappa shape index (κ1) is 18.7. The van der Waals surface area contributed by atoms with E-state index in [0.717, 1.165) is 30.9 Å². The molecule has 0 saturated heterocycles. The van der Waals surface area contributed by atoms with E-state index in [-0.39, 0.29) is 0 Å². The van der Waals surface area contributed by atoms with Crippen LogP contribution in [0.4, 0.5) is 11.4 Å². The lowest BCUT2D eigenvalue weighted by molar-refractivity contribution is 0.855. The second kappa shape index (κ2) is 9.58. The molecule has 0 aliphatic heterocycles. The van der Waals surface area contributed by atoms with Crippen LogP contribution in [0.25, 0.3) is 0 Å². The number of hydrogen-bond donors (Lipinski definition) is 0. The Morgan fingerprint density at radius 3 is 2.00 bits per heavy atom. The van der Waals surface area contributed by atoms with E-state index in [1.165, 1.54) is 11.3 Å². The Labute approximate surface area is 162 Å². The zero-order valence-electron chi connectivity index (χ0n) is 16.1. The van der Waals surface area contributed by atoms with Crippen LogP contribution in [-0.4, -0.2) is 19.3 Å². The lowest BCUT2D eigenvalue weighted by Gasteiger charge is -2.23. The van der Waals surface area contributed by atoms with Crippen molar-refractivity contribution >= 4 is 17.6 Å². The zero-order valence-corrected chi connectivity index (χ0v) is 16.1. The predicted octanol–water partition coefficient (Wildman–Crippen LogP) is 5.57. The van der Waals surface area contributed by atoms with E-state index in [1.807, 2.05) is 35.5 Å². The third-order valence-corrected chi connectivity index (χ3v) is 4.61. The van der Waals surface area contributed by atoms with Gasteiger partial charge in [-0.05, 0) is 37.6 Å². The summed E-state index contributed by atoms with van der Waals surface area (Å²) in [5, 5.41) is 6.90. The minimum Gasteiger partial charge on any atom is -0.372 e. The van der Waals surface area contributed by atoms with Gasteiger partial charge in [0, 0.05) is 24.3 Å². The Kier molecular flexibility index (Phi) is 6.64. The molecule has 0 atom stereocenters. The molecule has 0 fully saturated rings. The molecule has 0 unspecified atom stereocenters. The molecule has 138 valence electrons. The highest BCUT2D eigenvalue weighted by Crippen LogP contribution is 2.21. The Morgan fingerprint density at radius 1 is 0.741 bits per heavy atom. The number of hydrazone groups is 1. The SMILES string of the molecule is CCN(CC)c1ccccc1C=NN(Cc1ccccc1)c1ccccc1. The Balaban J connectivity index is 1.91. The summed E-state index contributed by atoms with van der Waals surface area (Å²) in [6.07, 6.45) is 1.98. The van der Waals surface area contributed by atoms with Crippen molar-refractivity contribution in [1.29, 1.82) is 0 Å². The van der Waals surface area contributed by atoms with Crippen LogP contribution < -0.4 is 9.91 Å². The summed E-state index contributed by atoms with van der Waals surface area (Å²) in [4.78, 5) is 2.35. The molecule has 0 radical (unpaired) electrons. The molecule has 0 N–H and O–H groups in total. The summed E-state index contributed by atoms with van der Waals surface area (Å²) in [6, 6.07) is 29.2. The van der Waals surface area contributed by atoms with E-state index >= 15 is 0 Å². The molecule has 3 aromatic carbocycles. The third kappa shape index (κ3) is 4.98. The van der Waals surface area contributed by atoms with Gasteiger partial charge >= 0.3 is 0 Å². The smallest absolute Gasteiger partial charge is 0.0666 e. The number of nitrogens with zero attached hydrogens (tertiary/aromatic N) is 3. The van der Waals surface area contributed by atoms with Gasteiger partial charge < -0.3 is 4.90 Å². The van der Waals surface area contributed by atoms with Gasteiger partial charge in [-0.2, -0.15) is 5.10 Å². The molecule has 0 aliphatic carbocycles. The maximum Gasteiger partial charge on any atom is 0.0666 e. The first-order chi connectivity index (χ1) is 13.3. The highest BCUT2D eigenvalue weighted by Gasteiger charge is 2.08. The maximum atomic E-state index is 4.85. The molecule has 0 saturated carbocycles. The second-order valence-electron chi connectivity index (χ2n) is 6.35. The molecular formula is C24H27N3. The fourth-order valence-corrected chi connectivity index (χ4v) is 3.14. The normalized spacial score (nSPS) is 10.9. The van der Waals surface area contributed by atoms with Gasteiger partial charge in [0.25, 0.3) is 0 Å². The summed E-state index contributed by atoms with van der Waals surface area (Å²) in [6.45, 7) is 7.06. The van der Waals surface area contributed by atoms with Gasteiger partial charge in [-0.15, -0.1) is 0 Å². The van der Waals surface area contributed by atoms with Crippen LogP contribution in [0.5, 0.6) is 0 Å². The fourth-order valence-electron chi connectivity index (χ4n) is 3.14. The van der Waals surface area contributed by atoms with Crippen LogP contribution >= 0.6 is 0 Å². The van der Waals surface area contributed by atoms with Crippen LogP contribution in [0.1, 0.15) is 25.0 Å². The molecule has 0 bridgehead atoms. The number of anilines is 2. The van der Waals surface area contributed by atoms with E-state index in [2.05, 4.69) is 79.4 Å².